The van der Waals surface area contributed by atoms with Crippen molar-refractivity contribution >= 4 is 0 Å². The first-order chi connectivity index (χ1) is 11.3. The minimum Gasteiger partial charge on any atom is -0.376 e. The van der Waals surface area contributed by atoms with E-state index in [-0.39, 0.29) is 6.10 Å². The van der Waals surface area contributed by atoms with E-state index >= 15 is 0 Å². The number of ether oxygens (including phenoxy) is 1. The lowest BCUT2D eigenvalue weighted by Crippen LogP contribution is -2.38. The summed E-state index contributed by atoms with van der Waals surface area (Å²) in [6.45, 7) is 5.55. The van der Waals surface area contributed by atoms with Crippen LogP contribution >= 0.6 is 0 Å². The second kappa shape index (κ2) is 8.19. The molecule has 1 aliphatic heterocycles. The lowest BCUT2D eigenvalue weighted by molar-refractivity contribution is 0.0293. The average Bonchev–Trinajstić information content (AvgIpc) is 2.95. The highest BCUT2D eigenvalue weighted by atomic mass is 16.5. The number of aromatic nitrogens is 3. The molecule has 23 heavy (non-hydrogen) atoms. The molecule has 0 radical (unpaired) electrons. The van der Waals surface area contributed by atoms with Gasteiger partial charge in [-0.3, -0.25) is 14.9 Å². The van der Waals surface area contributed by atoms with E-state index in [2.05, 4.69) is 62.4 Å². The van der Waals surface area contributed by atoms with Crippen LogP contribution in [0, 0.1) is 0 Å². The molecule has 2 heterocycles. The molecular weight excluding hydrogens is 290 g/mol. The van der Waals surface area contributed by atoms with Crippen molar-refractivity contribution in [1.82, 2.24) is 25.0 Å². The molecule has 6 nitrogen and oxygen atoms in total. The Hall–Kier alpha value is -1.76. The molecule has 1 saturated heterocycles. The van der Waals surface area contributed by atoms with E-state index in [1.165, 1.54) is 5.56 Å². The molecule has 1 aromatic carbocycles. The highest BCUT2D eigenvalue weighted by Gasteiger charge is 2.20. The summed E-state index contributed by atoms with van der Waals surface area (Å²) >= 11 is 0. The van der Waals surface area contributed by atoms with Gasteiger partial charge in [0.2, 0.25) is 0 Å². The number of likely N-dealkylation sites (N-methyl/N-ethyl adjacent to an activating group) is 1. The SMILES string of the molecule is CN(Cc1ncn[nH]1)C[C@@H]1CN(Cc2ccccc2)CCCO1. The quantitative estimate of drug-likeness (QED) is 0.876. The van der Waals surface area contributed by atoms with Crippen LogP contribution < -0.4 is 0 Å². The minimum absolute atomic E-state index is 0.231. The van der Waals surface area contributed by atoms with Crippen molar-refractivity contribution in [2.45, 2.75) is 25.6 Å². The van der Waals surface area contributed by atoms with Gasteiger partial charge in [-0.25, -0.2) is 4.98 Å². The Kier molecular flexibility index (Phi) is 5.74. The number of nitrogens with one attached hydrogen (secondary N) is 1. The van der Waals surface area contributed by atoms with Crippen LogP contribution in [0.3, 0.4) is 0 Å². The Morgan fingerprint density at radius 3 is 3.00 bits per heavy atom. The van der Waals surface area contributed by atoms with Crippen LogP contribution in [0.4, 0.5) is 0 Å². The number of rotatable bonds is 6. The minimum atomic E-state index is 0.231. The van der Waals surface area contributed by atoms with Crippen LogP contribution in [0.5, 0.6) is 0 Å². The van der Waals surface area contributed by atoms with Crippen molar-refractivity contribution in [2.24, 2.45) is 0 Å². The molecular formula is C17H25N5O. The number of hydrogen-bond acceptors (Lipinski definition) is 5. The normalized spacial score (nSPS) is 19.8. The summed E-state index contributed by atoms with van der Waals surface area (Å²) in [5, 5.41) is 6.80. The lowest BCUT2D eigenvalue weighted by atomic mass is 10.2. The van der Waals surface area contributed by atoms with Gasteiger partial charge >= 0.3 is 0 Å². The fourth-order valence-corrected chi connectivity index (χ4v) is 3.04. The highest BCUT2D eigenvalue weighted by Crippen LogP contribution is 2.12. The van der Waals surface area contributed by atoms with Crippen molar-refractivity contribution in [3.8, 4) is 0 Å². The van der Waals surface area contributed by atoms with Gasteiger partial charge in [0.15, 0.2) is 0 Å². The smallest absolute Gasteiger partial charge is 0.138 e. The summed E-state index contributed by atoms with van der Waals surface area (Å²) in [5.41, 5.74) is 1.36. The zero-order valence-electron chi connectivity index (χ0n) is 13.7. The summed E-state index contributed by atoms with van der Waals surface area (Å²) in [4.78, 5) is 8.91. The number of nitrogens with zero attached hydrogens (tertiary/aromatic N) is 4. The first kappa shape index (κ1) is 16.1. The van der Waals surface area contributed by atoms with E-state index in [9.17, 15) is 0 Å². The molecule has 0 unspecified atom stereocenters. The number of hydrogen-bond donors (Lipinski definition) is 1. The van der Waals surface area contributed by atoms with E-state index in [0.717, 1.165) is 51.6 Å². The van der Waals surface area contributed by atoms with Crippen molar-refractivity contribution < 1.29 is 4.74 Å². The van der Waals surface area contributed by atoms with Gasteiger partial charge in [-0.1, -0.05) is 30.3 Å². The van der Waals surface area contributed by atoms with E-state index in [4.69, 9.17) is 4.74 Å². The third-order valence-corrected chi connectivity index (χ3v) is 4.08. The zero-order valence-corrected chi connectivity index (χ0v) is 13.7. The van der Waals surface area contributed by atoms with Gasteiger partial charge in [-0.2, -0.15) is 5.10 Å². The van der Waals surface area contributed by atoms with Gasteiger partial charge in [-0.15, -0.1) is 0 Å². The van der Waals surface area contributed by atoms with Gasteiger partial charge in [-0.05, 0) is 19.0 Å². The molecule has 124 valence electrons. The largest absolute Gasteiger partial charge is 0.376 e. The van der Waals surface area contributed by atoms with Crippen molar-refractivity contribution in [3.63, 3.8) is 0 Å². The van der Waals surface area contributed by atoms with Gasteiger partial charge in [0.1, 0.15) is 12.2 Å². The second-order valence-corrected chi connectivity index (χ2v) is 6.20. The topological polar surface area (TPSA) is 57.3 Å². The van der Waals surface area contributed by atoms with Gasteiger partial charge < -0.3 is 4.74 Å². The summed E-state index contributed by atoms with van der Waals surface area (Å²) in [5.74, 6) is 0.891. The van der Waals surface area contributed by atoms with Crippen LogP contribution in [0.2, 0.25) is 0 Å². The number of aromatic amines is 1. The maximum atomic E-state index is 6.03. The van der Waals surface area contributed by atoms with Crippen molar-refractivity contribution in [2.75, 3.05) is 33.3 Å². The van der Waals surface area contributed by atoms with Gasteiger partial charge in [0.05, 0.1) is 12.6 Å². The third-order valence-electron chi connectivity index (χ3n) is 4.08. The van der Waals surface area contributed by atoms with Crippen LogP contribution in [-0.2, 0) is 17.8 Å². The molecule has 2 aromatic rings. The molecule has 1 N–H and O–H groups in total. The molecule has 1 fully saturated rings. The van der Waals surface area contributed by atoms with Crippen molar-refractivity contribution in [3.05, 3.63) is 48.0 Å². The monoisotopic (exact) mass is 315 g/mol. The molecule has 3 rings (SSSR count). The van der Waals surface area contributed by atoms with Crippen LogP contribution in [0.1, 0.15) is 17.8 Å². The average molecular weight is 315 g/mol. The Bertz CT molecular complexity index is 560. The summed E-state index contributed by atoms with van der Waals surface area (Å²) in [6.07, 6.45) is 2.87. The number of benzene rings is 1. The molecule has 1 atom stereocenters. The molecule has 1 aromatic heterocycles. The molecule has 1 aliphatic rings. The standard InChI is InChI=1S/C17H25N5O/c1-21(13-17-18-14-19-20-17)11-16-12-22(8-5-9-23-16)10-15-6-3-2-4-7-15/h2-4,6-7,14,16H,5,8-13H2,1H3,(H,18,19,20)/t16-/m1/s1. The maximum absolute atomic E-state index is 6.03. The Morgan fingerprint density at radius 2 is 2.22 bits per heavy atom. The summed E-state index contributed by atoms with van der Waals surface area (Å²) < 4.78 is 6.03. The van der Waals surface area contributed by atoms with E-state index in [1.807, 2.05) is 0 Å². The number of H-pyrrole nitrogens is 1. The Balaban J connectivity index is 1.52. The molecule has 0 saturated carbocycles. The van der Waals surface area contributed by atoms with E-state index in [1.54, 1.807) is 6.33 Å². The fourth-order valence-electron chi connectivity index (χ4n) is 3.04. The second-order valence-electron chi connectivity index (χ2n) is 6.20. The predicted molar refractivity (Wildman–Crippen MR) is 88.8 cm³/mol. The van der Waals surface area contributed by atoms with Crippen LogP contribution in [0.25, 0.3) is 0 Å². The van der Waals surface area contributed by atoms with E-state index < -0.39 is 0 Å². The Morgan fingerprint density at radius 1 is 1.35 bits per heavy atom. The summed E-state index contributed by atoms with van der Waals surface area (Å²) in [6, 6.07) is 10.7. The van der Waals surface area contributed by atoms with Crippen molar-refractivity contribution in [1.29, 1.82) is 0 Å². The van der Waals surface area contributed by atoms with Crippen LogP contribution in [0.15, 0.2) is 36.7 Å². The molecule has 6 heteroatoms. The Labute approximate surface area is 137 Å². The molecule has 0 aliphatic carbocycles. The molecule has 0 spiro atoms. The highest BCUT2D eigenvalue weighted by molar-refractivity contribution is 5.14. The van der Waals surface area contributed by atoms with Gasteiger partial charge in [0.25, 0.3) is 0 Å². The van der Waals surface area contributed by atoms with Crippen LogP contribution in [-0.4, -0.2) is 64.4 Å². The van der Waals surface area contributed by atoms with E-state index in [0.29, 0.717) is 0 Å². The third kappa shape index (κ3) is 5.13. The van der Waals surface area contributed by atoms with Gasteiger partial charge in [0, 0.05) is 32.8 Å². The zero-order chi connectivity index (χ0) is 15.9. The lowest BCUT2D eigenvalue weighted by Gasteiger charge is -2.26. The molecule has 0 amide bonds. The first-order valence-electron chi connectivity index (χ1n) is 8.20. The predicted octanol–water partition coefficient (Wildman–Crippen LogP) is 1.53. The molecule has 0 bridgehead atoms. The summed E-state index contributed by atoms with van der Waals surface area (Å²) in [7, 11) is 2.10. The first-order valence-corrected chi connectivity index (χ1v) is 8.20. The maximum Gasteiger partial charge on any atom is 0.138 e. The fraction of sp³-hybridized carbons (Fsp3) is 0.529.